The fourth-order valence-corrected chi connectivity index (χ4v) is 6.34. The lowest BCUT2D eigenvalue weighted by Gasteiger charge is -2.33. The highest BCUT2D eigenvalue weighted by Crippen LogP contribution is 2.56. The van der Waals surface area contributed by atoms with Crippen molar-refractivity contribution in [3.8, 4) is 5.75 Å². The molecule has 0 fully saturated rings. The summed E-state index contributed by atoms with van der Waals surface area (Å²) < 4.78 is 97.2. The van der Waals surface area contributed by atoms with Gasteiger partial charge in [0.1, 0.15) is 23.7 Å². The van der Waals surface area contributed by atoms with Gasteiger partial charge in [-0.05, 0) is 103 Å². The fraction of sp³-hybridized carbons (Fsp3) is 0.581. The van der Waals surface area contributed by atoms with Crippen molar-refractivity contribution < 1.29 is 45.2 Å². The van der Waals surface area contributed by atoms with Gasteiger partial charge in [0.25, 0.3) is 0 Å². The van der Waals surface area contributed by atoms with Crippen LogP contribution in [0.2, 0.25) is 0 Å². The average molecular weight is 632 g/mol. The molecule has 1 aliphatic heterocycles. The molecule has 0 N–H and O–H groups in total. The van der Waals surface area contributed by atoms with Crippen LogP contribution < -0.4 is 4.74 Å². The molecular weight excluding hydrogens is 589 g/mol. The number of alkyl halides is 3. The molecule has 1 atom stereocenters. The lowest BCUT2D eigenvalue weighted by molar-refractivity contribution is -0.139. The average Bonchev–Trinajstić information content (AvgIpc) is 3.23. The number of ether oxygens (including phenoxy) is 2. The fourth-order valence-electron chi connectivity index (χ4n) is 4.46. The molecule has 0 radical (unpaired) electrons. The summed E-state index contributed by atoms with van der Waals surface area (Å²) in [5.74, 6) is -0.242. The van der Waals surface area contributed by atoms with Crippen LogP contribution in [0.5, 0.6) is 5.75 Å². The lowest BCUT2D eigenvalue weighted by Crippen LogP contribution is -2.36. The number of phosphoric acid groups is 1. The Morgan fingerprint density at radius 2 is 1.60 bits per heavy atom. The maximum absolute atomic E-state index is 14.0. The molecule has 1 unspecified atom stereocenters. The van der Waals surface area contributed by atoms with Crippen LogP contribution in [0.3, 0.4) is 0 Å². The number of hydrogen-bond acceptors (Lipinski definition) is 7. The maximum Gasteiger partial charge on any atom is 0.475 e. The minimum absolute atomic E-state index is 0.0397. The molecule has 0 saturated heterocycles. The van der Waals surface area contributed by atoms with Gasteiger partial charge in [-0.25, -0.2) is 13.9 Å². The number of nitrogens with zero attached hydrogens (tertiary/aromatic N) is 1. The molecule has 240 valence electrons. The normalized spacial score (nSPS) is 18.0. The van der Waals surface area contributed by atoms with E-state index < -0.39 is 36.3 Å². The van der Waals surface area contributed by atoms with E-state index in [0.717, 1.165) is 11.6 Å². The van der Waals surface area contributed by atoms with E-state index in [1.165, 1.54) is 18.2 Å². The Labute approximate surface area is 251 Å². The number of aryl methyl sites for hydroxylation is 2. The molecule has 0 aromatic heterocycles. The van der Waals surface area contributed by atoms with Crippen molar-refractivity contribution in [3.05, 3.63) is 65.0 Å². The van der Waals surface area contributed by atoms with Crippen molar-refractivity contribution >= 4 is 13.7 Å². The van der Waals surface area contributed by atoms with Gasteiger partial charge >= 0.3 is 14.0 Å². The SMILES string of the molecule is CC1=NC(CCc2ccc(OCCCc3cccc(F)c3)c(C(F)(F)F)c2)(COP(=O)(OC(C)(C)C)OC(C)(C)C)CO1. The molecular formula is C31H42F4NO6P. The van der Waals surface area contributed by atoms with Gasteiger partial charge in [0.2, 0.25) is 0 Å². The molecule has 1 aliphatic rings. The Morgan fingerprint density at radius 1 is 0.953 bits per heavy atom. The zero-order valence-corrected chi connectivity index (χ0v) is 26.7. The predicted molar refractivity (Wildman–Crippen MR) is 157 cm³/mol. The summed E-state index contributed by atoms with van der Waals surface area (Å²) in [4.78, 5) is 4.57. The van der Waals surface area contributed by atoms with Crippen LogP contribution >= 0.6 is 7.82 Å². The number of phosphoric ester groups is 1. The first-order valence-corrected chi connectivity index (χ1v) is 15.7. The summed E-state index contributed by atoms with van der Waals surface area (Å²) in [6.07, 6.45) is -3.29. The molecule has 3 rings (SSSR count). The maximum atomic E-state index is 14.0. The molecule has 0 amide bonds. The van der Waals surface area contributed by atoms with E-state index in [9.17, 15) is 22.1 Å². The summed E-state index contributed by atoms with van der Waals surface area (Å²) in [6.45, 7) is 12.0. The molecule has 0 saturated carbocycles. The Bertz CT molecular complexity index is 1300. The smallest absolute Gasteiger partial charge is 0.475 e. The molecule has 1 heterocycles. The number of rotatable bonds is 13. The zero-order chi connectivity index (χ0) is 32.1. The topological polar surface area (TPSA) is 75.6 Å². The predicted octanol–water partition coefficient (Wildman–Crippen LogP) is 8.73. The van der Waals surface area contributed by atoms with Gasteiger partial charge in [-0.1, -0.05) is 18.2 Å². The van der Waals surface area contributed by atoms with Crippen molar-refractivity contribution in [1.29, 1.82) is 0 Å². The first-order chi connectivity index (χ1) is 19.8. The summed E-state index contributed by atoms with van der Waals surface area (Å²) in [5.41, 5.74) is -2.41. The quantitative estimate of drug-likeness (QED) is 0.125. The van der Waals surface area contributed by atoms with Gasteiger partial charge in [0.15, 0.2) is 5.90 Å². The van der Waals surface area contributed by atoms with E-state index in [2.05, 4.69) is 4.99 Å². The highest BCUT2D eigenvalue weighted by molar-refractivity contribution is 7.48. The Hall–Kier alpha value is -2.46. The Kier molecular flexibility index (Phi) is 11.1. The Balaban J connectivity index is 1.71. The highest BCUT2D eigenvalue weighted by atomic mass is 31.2. The first kappa shape index (κ1) is 35.0. The molecule has 43 heavy (non-hydrogen) atoms. The largest absolute Gasteiger partial charge is 0.493 e. The van der Waals surface area contributed by atoms with Crippen LogP contribution in [0, 0.1) is 5.82 Å². The third-order valence-corrected chi connectivity index (χ3v) is 8.18. The van der Waals surface area contributed by atoms with Crippen molar-refractivity contribution in [1.82, 2.24) is 0 Å². The minimum atomic E-state index is -4.64. The minimum Gasteiger partial charge on any atom is -0.493 e. The van der Waals surface area contributed by atoms with E-state index in [1.54, 1.807) is 66.7 Å². The summed E-state index contributed by atoms with van der Waals surface area (Å²) >= 11 is 0. The molecule has 12 heteroatoms. The third-order valence-electron chi connectivity index (χ3n) is 6.19. The van der Waals surface area contributed by atoms with Crippen LogP contribution in [0.4, 0.5) is 17.6 Å². The van der Waals surface area contributed by atoms with Crippen LogP contribution in [-0.4, -0.2) is 42.5 Å². The Morgan fingerprint density at radius 3 is 2.16 bits per heavy atom. The number of benzene rings is 2. The summed E-state index contributed by atoms with van der Waals surface area (Å²) in [7, 11) is -4.05. The lowest BCUT2D eigenvalue weighted by atomic mass is 9.93. The number of halogens is 4. The van der Waals surface area contributed by atoms with E-state index >= 15 is 0 Å². The molecule has 0 aliphatic carbocycles. The van der Waals surface area contributed by atoms with Crippen molar-refractivity contribution in [2.75, 3.05) is 19.8 Å². The summed E-state index contributed by atoms with van der Waals surface area (Å²) in [5, 5.41) is 0. The van der Waals surface area contributed by atoms with Crippen LogP contribution in [0.1, 0.15) is 78.0 Å². The van der Waals surface area contributed by atoms with E-state index in [1.807, 2.05) is 0 Å². The van der Waals surface area contributed by atoms with Crippen LogP contribution in [0.15, 0.2) is 47.5 Å². The number of aliphatic imine (C=N–C) groups is 1. The van der Waals surface area contributed by atoms with Crippen molar-refractivity contribution in [2.45, 2.75) is 97.1 Å². The second-order valence-corrected chi connectivity index (χ2v) is 14.2. The van der Waals surface area contributed by atoms with E-state index in [4.69, 9.17) is 23.0 Å². The van der Waals surface area contributed by atoms with Gasteiger partial charge in [0, 0.05) is 6.92 Å². The molecule has 2 aromatic carbocycles. The van der Waals surface area contributed by atoms with Gasteiger partial charge in [0.05, 0.1) is 30.0 Å². The number of hydrogen-bond donors (Lipinski definition) is 0. The van der Waals surface area contributed by atoms with Crippen molar-refractivity contribution in [2.24, 2.45) is 4.99 Å². The standard InChI is InChI=1S/C31H42F4NO6P/c1-22-36-30(20-39-22,21-40-43(37,41-28(2,3)4)42-29(5,6)7)16-15-24-13-14-27(26(19-24)31(33,34)35)38-17-9-11-23-10-8-12-25(32)18-23/h8,10,12-14,18-19H,9,11,15-17,20-21H2,1-7H3. The molecule has 0 bridgehead atoms. The molecule has 2 aromatic rings. The third kappa shape index (κ3) is 11.5. The van der Waals surface area contributed by atoms with Gasteiger partial charge in [-0.15, -0.1) is 0 Å². The van der Waals surface area contributed by atoms with E-state index in [-0.39, 0.29) is 44.2 Å². The van der Waals surface area contributed by atoms with Gasteiger partial charge in [-0.3, -0.25) is 13.6 Å². The second kappa shape index (κ2) is 13.7. The molecule has 0 spiro atoms. The second-order valence-electron chi connectivity index (χ2n) is 12.7. The highest BCUT2D eigenvalue weighted by Gasteiger charge is 2.43. The van der Waals surface area contributed by atoms with Gasteiger partial charge < -0.3 is 9.47 Å². The van der Waals surface area contributed by atoms with E-state index in [0.29, 0.717) is 24.3 Å². The van der Waals surface area contributed by atoms with Crippen molar-refractivity contribution in [3.63, 3.8) is 0 Å². The monoisotopic (exact) mass is 631 g/mol. The van der Waals surface area contributed by atoms with Gasteiger partial charge in [-0.2, -0.15) is 13.2 Å². The van der Waals surface area contributed by atoms with Crippen LogP contribution in [-0.2, 0) is 41.9 Å². The first-order valence-electron chi connectivity index (χ1n) is 14.2. The zero-order valence-electron chi connectivity index (χ0n) is 25.8. The summed E-state index contributed by atoms with van der Waals surface area (Å²) in [6, 6.07) is 10.0. The molecule has 7 nitrogen and oxygen atoms in total. The van der Waals surface area contributed by atoms with Crippen LogP contribution in [0.25, 0.3) is 0 Å².